The summed E-state index contributed by atoms with van der Waals surface area (Å²) < 4.78 is 4.69. The molecule has 112 valence electrons. The highest BCUT2D eigenvalue weighted by Gasteiger charge is 2.08. The molecule has 0 aliphatic carbocycles. The molecule has 0 unspecified atom stereocenters. The van der Waals surface area contributed by atoms with Gasteiger partial charge in [0.15, 0.2) is 0 Å². The van der Waals surface area contributed by atoms with Crippen LogP contribution in [0.4, 0.5) is 5.69 Å². The zero-order chi connectivity index (χ0) is 15.9. The molecule has 0 aromatic heterocycles. The smallest absolute Gasteiger partial charge is 0.338 e. The summed E-state index contributed by atoms with van der Waals surface area (Å²) in [6.07, 6.45) is 1.49. The van der Waals surface area contributed by atoms with Gasteiger partial charge in [-0.3, -0.25) is 5.43 Å². The third-order valence-electron chi connectivity index (χ3n) is 2.88. The molecule has 0 bridgehead atoms. The molecule has 0 fully saturated rings. The minimum absolute atomic E-state index is 0.0885. The number of anilines is 1. The fourth-order valence-corrected chi connectivity index (χ4v) is 1.76. The molecule has 0 aliphatic heterocycles. The molecular formula is C16H13N2O4-. The summed E-state index contributed by atoms with van der Waals surface area (Å²) >= 11 is 0. The molecule has 6 heteroatoms. The van der Waals surface area contributed by atoms with Crippen LogP contribution >= 0.6 is 0 Å². The van der Waals surface area contributed by atoms with E-state index < -0.39 is 11.9 Å². The number of hydrogen-bond acceptors (Lipinski definition) is 6. The van der Waals surface area contributed by atoms with Crippen LogP contribution in [0, 0.1) is 0 Å². The monoisotopic (exact) mass is 297 g/mol. The first-order chi connectivity index (χ1) is 10.6. The Morgan fingerprint density at radius 1 is 1.14 bits per heavy atom. The van der Waals surface area contributed by atoms with Gasteiger partial charge < -0.3 is 14.6 Å². The standard InChI is InChI=1S/C16H14N2O4/c1-22-16(21)14-5-3-2-4-12(14)10-17-18-13-8-6-11(7-9-13)15(19)20/h2-10,18H,1H3,(H,19,20)/p-1/b17-10-. The molecule has 0 saturated carbocycles. The minimum atomic E-state index is -1.23. The van der Waals surface area contributed by atoms with Crippen molar-refractivity contribution in [1.29, 1.82) is 0 Å². The molecule has 0 heterocycles. The second-order valence-electron chi connectivity index (χ2n) is 4.31. The summed E-state index contributed by atoms with van der Waals surface area (Å²) in [5.74, 6) is -1.68. The van der Waals surface area contributed by atoms with Crippen molar-refractivity contribution < 1.29 is 19.4 Å². The maximum atomic E-state index is 11.6. The van der Waals surface area contributed by atoms with Gasteiger partial charge in [-0.1, -0.05) is 30.3 Å². The molecule has 2 aromatic carbocycles. The molecule has 0 radical (unpaired) electrons. The molecule has 6 nitrogen and oxygen atoms in total. The van der Waals surface area contributed by atoms with Crippen LogP contribution in [0.25, 0.3) is 0 Å². The normalized spacial score (nSPS) is 10.4. The van der Waals surface area contributed by atoms with Crippen LogP contribution in [0.15, 0.2) is 53.6 Å². The van der Waals surface area contributed by atoms with Crippen molar-refractivity contribution in [2.45, 2.75) is 0 Å². The van der Waals surface area contributed by atoms with Crippen LogP contribution in [-0.2, 0) is 4.74 Å². The number of rotatable bonds is 5. The van der Waals surface area contributed by atoms with Crippen molar-refractivity contribution in [1.82, 2.24) is 0 Å². The van der Waals surface area contributed by atoms with E-state index in [9.17, 15) is 14.7 Å². The number of aromatic carboxylic acids is 1. The molecule has 0 atom stereocenters. The highest BCUT2D eigenvalue weighted by molar-refractivity contribution is 5.99. The lowest BCUT2D eigenvalue weighted by Crippen LogP contribution is -2.21. The SMILES string of the molecule is COC(=O)c1ccccc1/C=N\Nc1ccc(C(=O)[O-])cc1. The fraction of sp³-hybridized carbons (Fsp3) is 0.0625. The number of hydrazone groups is 1. The Hall–Kier alpha value is -3.15. The van der Waals surface area contributed by atoms with E-state index in [0.717, 1.165) is 0 Å². The molecule has 0 amide bonds. The van der Waals surface area contributed by atoms with Crippen molar-refractivity contribution in [3.63, 3.8) is 0 Å². The number of benzene rings is 2. The van der Waals surface area contributed by atoms with E-state index in [1.54, 1.807) is 36.4 Å². The number of carbonyl (C=O) groups excluding carboxylic acids is 2. The minimum Gasteiger partial charge on any atom is -0.545 e. The van der Waals surface area contributed by atoms with Crippen LogP contribution in [0.5, 0.6) is 0 Å². The molecule has 0 saturated heterocycles. The topological polar surface area (TPSA) is 90.8 Å². The number of methoxy groups -OCH3 is 1. The third-order valence-corrected chi connectivity index (χ3v) is 2.88. The number of hydrogen-bond donors (Lipinski definition) is 1. The summed E-state index contributed by atoms with van der Waals surface area (Å²) in [4.78, 5) is 22.2. The molecule has 2 aromatic rings. The van der Waals surface area contributed by atoms with E-state index in [0.29, 0.717) is 16.8 Å². The Morgan fingerprint density at radius 3 is 2.45 bits per heavy atom. The number of carboxylic acid groups (broad SMARTS) is 1. The Morgan fingerprint density at radius 2 is 1.82 bits per heavy atom. The van der Waals surface area contributed by atoms with E-state index in [4.69, 9.17) is 4.74 Å². The third kappa shape index (κ3) is 3.69. The molecule has 0 spiro atoms. The van der Waals surface area contributed by atoms with Crippen molar-refractivity contribution >= 4 is 23.8 Å². The second kappa shape index (κ2) is 7.03. The van der Waals surface area contributed by atoms with Crippen molar-refractivity contribution in [2.24, 2.45) is 5.10 Å². The van der Waals surface area contributed by atoms with Crippen LogP contribution in [0.1, 0.15) is 26.3 Å². The van der Waals surface area contributed by atoms with E-state index in [-0.39, 0.29) is 5.56 Å². The predicted octanol–water partition coefficient (Wildman–Crippen LogP) is 1.28. The number of carbonyl (C=O) groups is 2. The van der Waals surface area contributed by atoms with Gasteiger partial charge in [0.25, 0.3) is 0 Å². The van der Waals surface area contributed by atoms with E-state index in [2.05, 4.69) is 10.5 Å². The molecule has 22 heavy (non-hydrogen) atoms. The number of nitrogens with one attached hydrogen (secondary N) is 1. The van der Waals surface area contributed by atoms with Gasteiger partial charge in [0.05, 0.1) is 30.5 Å². The molecular weight excluding hydrogens is 284 g/mol. The van der Waals surface area contributed by atoms with Gasteiger partial charge in [0, 0.05) is 5.56 Å². The van der Waals surface area contributed by atoms with E-state index in [1.807, 2.05) is 0 Å². The van der Waals surface area contributed by atoms with Gasteiger partial charge in [-0.2, -0.15) is 5.10 Å². The lowest BCUT2D eigenvalue weighted by Gasteiger charge is -2.05. The zero-order valence-electron chi connectivity index (χ0n) is 11.8. The number of nitrogens with zero attached hydrogens (tertiary/aromatic N) is 1. The Balaban J connectivity index is 2.10. The summed E-state index contributed by atoms with van der Waals surface area (Å²) in [6.45, 7) is 0. The van der Waals surface area contributed by atoms with Gasteiger partial charge in [-0.15, -0.1) is 0 Å². The predicted molar refractivity (Wildman–Crippen MR) is 79.8 cm³/mol. The first kappa shape index (κ1) is 15.2. The van der Waals surface area contributed by atoms with Crippen molar-refractivity contribution in [3.8, 4) is 0 Å². The number of esters is 1. The maximum absolute atomic E-state index is 11.6. The molecule has 1 N–H and O–H groups in total. The molecule has 2 rings (SSSR count). The van der Waals surface area contributed by atoms with E-state index >= 15 is 0 Å². The lowest BCUT2D eigenvalue weighted by atomic mass is 10.1. The quantitative estimate of drug-likeness (QED) is 0.510. The van der Waals surface area contributed by atoms with Gasteiger partial charge in [-0.25, -0.2) is 4.79 Å². The lowest BCUT2D eigenvalue weighted by molar-refractivity contribution is -0.255. The van der Waals surface area contributed by atoms with Crippen LogP contribution in [0.2, 0.25) is 0 Å². The van der Waals surface area contributed by atoms with Crippen LogP contribution in [-0.4, -0.2) is 25.3 Å². The largest absolute Gasteiger partial charge is 0.545 e. The molecule has 0 aliphatic rings. The highest BCUT2D eigenvalue weighted by atomic mass is 16.5. The summed E-state index contributed by atoms with van der Waals surface area (Å²) in [5.41, 5.74) is 4.45. The maximum Gasteiger partial charge on any atom is 0.338 e. The van der Waals surface area contributed by atoms with Crippen molar-refractivity contribution in [3.05, 3.63) is 65.2 Å². The number of ether oxygens (including phenoxy) is 1. The second-order valence-corrected chi connectivity index (χ2v) is 4.31. The average Bonchev–Trinajstić information content (AvgIpc) is 2.55. The summed E-state index contributed by atoms with van der Waals surface area (Å²) in [6, 6.07) is 12.8. The summed E-state index contributed by atoms with van der Waals surface area (Å²) in [5, 5.41) is 14.7. The number of carboxylic acids is 1. The van der Waals surface area contributed by atoms with E-state index in [1.165, 1.54) is 25.5 Å². The first-order valence-electron chi connectivity index (χ1n) is 6.39. The van der Waals surface area contributed by atoms with Crippen LogP contribution < -0.4 is 10.5 Å². The summed E-state index contributed by atoms with van der Waals surface area (Å²) in [7, 11) is 1.31. The van der Waals surface area contributed by atoms with Gasteiger partial charge in [0.1, 0.15) is 0 Å². The zero-order valence-corrected chi connectivity index (χ0v) is 11.8. The van der Waals surface area contributed by atoms with Crippen molar-refractivity contribution in [2.75, 3.05) is 12.5 Å². The van der Waals surface area contributed by atoms with Crippen LogP contribution in [0.3, 0.4) is 0 Å². The van der Waals surface area contributed by atoms with Gasteiger partial charge >= 0.3 is 5.97 Å². The highest BCUT2D eigenvalue weighted by Crippen LogP contribution is 2.10. The van der Waals surface area contributed by atoms with Gasteiger partial charge in [-0.05, 0) is 23.8 Å². The average molecular weight is 297 g/mol. The Kier molecular flexibility index (Phi) is 4.87. The Bertz CT molecular complexity index is 708. The fourth-order valence-electron chi connectivity index (χ4n) is 1.76. The Labute approximate surface area is 127 Å². The van der Waals surface area contributed by atoms with Gasteiger partial charge in [0.2, 0.25) is 0 Å². The first-order valence-corrected chi connectivity index (χ1v) is 6.39.